The second-order valence-corrected chi connectivity index (χ2v) is 10.5. The number of thiophene rings is 1. The van der Waals surface area contributed by atoms with Gasteiger partial charge in [-0.05, 0) is 29.6 Å². The Kier molecular flexibility index (Phi) is 7.38. The van der Waals surface area contributed by atoms with Crippen molar-refractivity contribution in [2.24, 2.45) is 0 Å². The Balaban J connectivity index is 1.63. The Labute approximate surface area is 186 Å². The molecule has 1 aromatic heterocycles. The number of hydrogen-bond donors (Lipinski definition) is 1. The third kappa shape index (κ3) is 5.14. The molecule has 0 atom stereocenters. The van der Waals surface area contributed by atoms with Crippen LogP contribution < -0.4 is 5.32 Å². The first-order valence-corrected chi connectivity index (χ1v) is 12.5. The van der Waals surface area contributed by atoms with Gasteiger partial charge in [-0.1, -0.05) is 11.6 Å². The summed E-state index contributed by atoms with van der Waals surface area (Å²) in [6.45, 7) is 0.161. The largest absolute Gasteiger partial charge is 0.451 e. The number of halogens is 1. The molecule has 1 aromatic carbocycles. The van der Waals surface area contributed by atoms with Crippen LogP contribution in [0.3, 0.4) is 0 Å². The Bertz CT molecular complexity index is 1100. The van der Waals surface area contributed by atoms with E-state index in [4.69, 9.17) is 21.6 Å². The molecule has 0 aliphatic carbocycles. The van der Waals surface area contributed by atoms with E-state index in [1.54, 1.807) is 11.8 Å². The van der Waals surface area contributed by atoms with Crippen molar-refractivity contribution < 1.29 is 22.7 Å². The molecule has 0 radical (unpaired) electrons. The molecule has 1 fully saturated rings. The highest BCUT2D eigenvalue weighted by Crippen LogP contribution is 2.27. The maximum atomic E-state index is 12.8. The minimum atomic E-state index is -3.80. The Morgan fingerprint density at radius 1 is 1.27 bits per heavy atom. The number of nitriles is 1. The highest BCUT2D eigenvalue weighted by atomic mass is 35.5. The molecule has 3 rings (SSSR count). The number of esters is 1. The highest BCUT2D eigenvalue weighted by Gasteiger charge is 2.31. The van der Waals surface area contributed by atoms with Gasteiger partial charge in [-0.15, -0.1) is 11.3 Å². The summed E-state index contributed by atoms with van der Waals surface area (Å²) in [7, 11) is -3.80. The normalized spacial score (nSPS) is 14.7. The third-order valence-corrected chi connectivity index (χ3v) is 8.33. The van der Waals surface area contributed by atoms with Crippen molar-refractivity contribution in [2.75, 3.05) is 36.5 Å². The number of hydrogen-bond acceptors (Lipinski definition) is 8. The van der Waals surface area contributed by atoms with E-state index >= 15 is 0 Å². The first kappa shape index (κ1) is 22.6. The first-order valence-electron chi connectivity index (χ1n) is 8.65. The van der Waals surface area contributed by atoms with E-state index in [9.17, 15) is 18.0 Å². The minimum absolute atomic E-state index is 0.0672. The van der Waals surface area contributed by atoms with Crippen LogP contribution in [0, 0.1) is 11.3 Å². The van der Waals surface area contributed by atoms with Gasteiger partial charge in [-0.3, -0.25) is 4.79 Å². The summed E-state index contributed by atoms with van der Waals surface area (Å²) in [5.41, 5.74) is 0.599. The fourth-order valence-corrected chi connectivity index (χ4v) is 6.73. The fraction of sp³-hybridized carbons (Fsp3) is 0.278. The number of amides is 1. The molecule has 0 saturated carbocycles. The topological polar surface area (TPSA) is 117 Å². The van der Waals surface area contributed by atoms with E-state index in [1.165, 1.54) is 34.0 Å². The molecule has 0 unspecified atom stereocenters. The first-order chi connectivity index (χ1) is 14.3. The zero-order valence-corrected chi connectivity index (χ0v) is 18.7. The molecule has 0 bridgehead atoms. The zero-order valence-electron chi connectivity index (χ0n) is 15.5. The van der Waals surface area contributed by atoms with E-state index in [-0.39, 0.29) is 20.4 Å². The van der Waals surface area contributed by atoms with Crippen LogP contribution in [-0.2, 0) is 19.6 Å². The third-order valence-electron chi connectivity index (χ3n) is 4.11. The number of carbonyl (C=O) groups is 2. The summed E-state index contributed by atoms with van der Waals surface area (Å²) in [5, 5.41) is 13.0. The molecule has 2 heterocycles. The Hall–Kier alpha value is -2.10. The maximum Gasteiger partial charge on any atom is 0.350 e. The van der Waals surface area contributed by atoms with Crippen LogP contribution >= 0.6 is 34.7 Å². The number of anilines is 1. The molecule has 1 aliphatic heterocycles. The molecule has 1 saturated heterocycles. The van der Waals surface area contributed by atoms with Gasteiger partial charge in [0.25, 0.3) is 5.91 Å². The molecule has 2 aromatic rings. The lowest BCUT2D eigenvalue weighted by molar-refractivity contribution is -0.119. The lowest BCUT2D eigenvalue weighted by Crippen LogP contribution is -2.38. The quantitative estimate of drug-likeness (QED) is 0.625. The van der Waals surface area contributed by atoms with Gasteiger partial charge < -0.3 is 10.1 Å². The molecule has 1 amide bonds. The van der Waals surface area contributed by atoms with Crippen molar-refractivity contribution in [1.82, 2.24) is 4.31 Å². The second kappa shape index (κ2) is 9.80. The van der Waals surface area contributed by atoms with Crippen molar-refractivity contribution in [3.8, 4) is 6.07 Å². The summed E-state index contributed by atoms with van der Waals surface area (Å²) in [4.78, 5) is 24.3. The van der Waals surface area contributed by atoms with Crippen LogP contribution in [-0.4, -0.2) is 55.8 Å². The van der Waals surface area contributed by atoms with Crippen molar-refractivity contribution >= 4 is 62.3 Å². The van der Waals surface area contributed by atoms with Gasteiger partial charge in [0, 0.05) is 30.3 Å². The van der Waals surface area contributed by atoms with Gasteiger partial charge >= 0.3 is 5.97 Å². The number of rotatable bonds is 6. The molecule has 0 spiro atoms. The van der Waals surface area contributed by atoms with E-state index in [1.807, 2.05) is 6.07 Å². The van der Waals surface area contributed by atoms with Crippen LogP contribution in [0.25, 0.3) is 0 Å². The zero-order chi connectivity index (χ0) is 21.7. The van der Waals surface area contributed by atoms with Gasteiger partial charge in [0.05, 0.1) is 10.6 Å². The molecule has 12 heteroatoms. The minimum Gasteiger partial charge on any atom is -0.451 e. The van der Waals surface area contributed by atoms with E-state index in [0.717, 1.165) is 11.3 Å². The standard InChI is InChI=1S/C18H16ClN3O5S3/c19-14-9-13(2-1-12(14)10-20)21-16(23)11-27-18(24)17-15(3-6-29-17)30(25,26)22-4-7-28-8-5-22/h1-3,6,9H,4-5,7-8,11H2,(H,21,23). The number of thioether (sulfide) groups is 1. The smallest absolute Gasteiger partial charge is 0.350 e. The number of nitrogens with one attached hydrogen (secondary N) is 1. The lowest BCUT2D eigenvalue weighted by Gasteiger charge is -2.25. The summed E-state index contributed by atoms with van der Waals surface area (Å²) >= 11 is 8.53. The Morgan fingerprint density at radius 3 is 2.67 bits per heavy atom. The molecule has 1 aliphatic rings. The van der Waals surface area contributed by atoms with Crippen molar-refractivity contribution in [3.63, 3.8) is 0 Å². The predicted octanol–water partition coefficient (Wildman–Crippen LogP) is 2.81. The number of sulfonamides is 1. The highest BCUT2D eigenvalue weighted by molar-refractivity contribution is 7.99. The summed E-state index contributed by atoms with van der Waals surface area (Å²) < 4.78 is 32.0. The van der Waals surface area contributed by atoms with Crippen molar-refractivity contribution in [2.45, 2.75) is 4.90 Å². The molecule has 1 N–H and O–H groups in total. The number of carbonyl (C=O) groups excluding carboxylic acids is 2. The van der Waals surface area contributed by atoms with Crippen LogP contribution in [0.4, 0.5) is 5.69 Å². The number of nitrogens with zero attached hydrogens (tertiary/aromatic N) is 2. The van der Waals surface area contributed by atoms with Crippen LogP contribution in [0.2, 0.25) is 5.02 Å². The van der Waals surface area contributed by atoms with E-state index in [0.29, 0.717) is 30.3 Å². The van der Waals surface area contributed by atoms with Gasteiger partial charge in [0.2, 0.25) is 10.0 Å². The van der Waals surface area contributed by atoms with Gasteiger partial charge in [0.1, 0.15) is 15.8 Å². The number of benzene rings is 1. The van der Waals surface area contributed by atoms with Crippen LogP contribution in [0.1, 0.15) is 15.2 Å². The van der Waals surface area contributed by atoms with Crippen molar-refractivity contribution in [1.29, 1.82) is 5.26 Å². The van der Waals surface area contributed by atoms with E-state index in [2.05, 4.69) is 5.32 Å². The Morgan fingerprint density at radius 2 is 2.00 bits per heavy atom. The second-order valence-electron chi connectivity index (χ2n) is 6.06. The SMILES string of the molecule is N#Cc1ccc(NC(=O)COC(=O)c2sccc2S(=O)(=O)N2CCSCC2)cc1Cl. The molecule has 30 heavy (non-hydrogen) atoms. The van der Waals surface area contributed by atoms with E-state index < -0.39 is 28.5 Å². The molecular weight excluding hydrogens is 470 g/mol. The maximum absolute atomic E-state index is 12.8. The van der Waals surface area contributed by atoms with Gasteiger partial charge in [-0.2, -0.15) is 21.3 Å². The van der Waals surface area contributed by atoms with Crippen LogP contribution in [0.5, 0.6) is 0 Å². The molecule has 158 valence electrons. The average Bonchev–Trinajstić information content (AvgIpc) is 3.24. The lowest BCUT2D eigenvalue weighted by atomic mass is 10.2. The molecule has 8 nitrogen and oxygen atoms in total. The fourth-order valence-electron chi connectivity index (χ4n) is 2.65. The predicted molar refractivity (Wildman–Crippen MR) is 115 cm³/mol. The molecular formula is C18H16ClN3O5S3. The monoisotopic (exact) mass is 485 g/mol. The summed E-state index contributed by atoms with van der Waals surface area (Å²) in [5.74, 6) is -0.119. The summed E-state index contributed by atoms with van der Waals surface area (Å²) in [6, 6.07) is 7.62. The number of ether oxygens (including phenoxy) is 1. The van der Waals surface area contributed by atoms with Crippen LogP contribution in [0.15, 0.2) is 34.5 Å². The van der Waals surface area contributed by atoms with Gasteiger partial charge in [0.15, 0.2) is 6.61 Å². The van der Waals surface area contributed by atoms with Crippen molar-refractivity contribution in [3.05, 3.63) is 45.1 Å². The average molecular weight is 486 g/mol. The summed E-state index contributed by atoms with van der Waals surface area (Å²) in [6.07, 6.45) is 0. The van der Waals surface area contributed by atoms with Gasteiger partial charge in [-0.25, -0.2) is 13.2 Å².